The molecule has 0 spiro atoms. The zero-order valence-corrected chi connectivity index (χ0v) is 28.0. The van der Waals surface area contributed by atoms with Gasteiger partial charge in [0.25, 0.3) is 0 Å². The van der Waals surface area contributed by atoms with Gasteiger partial charge < -0.3 is 24.8 Å². The molecule has 0 atom stereocenters. The summed E-state index contributed by atoms with van der Waals surface area (Å²) in [5, 5.41) is 5.51. The van der Waals surface area contributed by atoms with E-state index in [1.165, 1.54) is 93.5 Å². The van der Waals surface area contributed by atoms with Gasteiger partial charge in [-0.25, -0.2) is 0 Å². The summed E-state index contributed by atoms with van der Waals surface area (Å²) in [6.07, 6.45) is 7.45. The standard InChI is InChI=1S/2C19H19.2ClH.Zr/c2*1-2-3-8-15-13-17-11-7-12-18(19(17)14-15)16-9-5-4-6-10-16;;;/h2*4-7,9-14H,2-3,8H2,1H3;2*1H;/q2*-1;;;+4/p-2. The molecule has 0 radical (unpaired) electrons. The van der Waals surface area contributed by atoms with Crippen LogP contribution in [0.1, 0.15) is 50.7 Å². The van der Waals surface area contributed by atoms with Crippen LogP contribution >= 0.6 is 0 Å². The van der Waals surface area contributed by atoms with Gasteiger partial charge in [0.2, 0.25) is 0 Å². The summed E-state index contributed by atoms with van der Waals surface area (Å²) in [5.74, 6) is 0. The SMILES string of the molecule is CCCCc1cc2c(-c3ccccc3)cccc2[cH-]1.CCCCc1cc2c(-c3ccccc3)cccc2[cH-]1.[Cl-].[Cl-].[Zr+4]. The van der Waals surface area contributed by atoms with Crippen molar-refractivity contribution in [3.05, 3.63) is 132 Å². The van der Waals surface area contributed by atoms with Crippen LogP contribution in [0.3, 0.4) is 0 Å². The van der Waals surface area contributed by atoms with Crippen molar-refractivity contribution < 1.29 is 51.0 Å². The third kappa shape index (κ3) is 8.78. The van der Waals surface area contributed by atoms with Gasteiger partial charge in [0.1, 0.15) is 0 Å². The Bertz CT molecular complexity index is 1460. The van der Waals surface area contributed by atoms with Gasteiger partial charge in [-0.05, 0) is 24.0 Å². The first-order chi connectivity index (χ1) is 18.8. The maximum absolute atomic E-state index is 2.37. The molecule has 6 rings (SSSR count). The molecule has 0 aliphatic rings. The molecule has 0 unspecified atom stereocenters. The average molecular weight is 657 g/mol. The zero-order valence-electron chi connectivity index (χ0n) is 24.0. The van der Waals surface area contributed by atoms with E-state index in [2.05, 4.69) is 135 Å². The smallest absolute Gasteiger partial charge is 1.00 e. The summed E-state index contributed by atoms with van der Waals surface area (Å²) in [5.41, 5.74) is 8.25. The molecule has 0 saturated heterocycles. The van der Waals surface area contributed by atoms with E-state index in [4.69, 9.17) is 0 Å². The van der Waals surface area contributed by atoms with Gasteiger partial charge in [-0.1, -0.05) is 123 Å². The second kappa shape index (κ2) is 17.5. The van der Waals surface area contributed by atoms with Crippen molar-refractivity contribution in [2.45, 2.75) is 52.4 Å². The molecule has 3 heteroatoms. The van der Waals surface area contributed by atoms with Crippen LogP contribution in [0.4, 0.5) is 0 Å². The van der Waals surface area contributed by atoms with Crippen LogP contribution in [0.5, 0.6) is 0 Å². The van der Waals surface area contributed by atoms with E-state index in [1.54, 1.807) is 0 Å². The minimum atomic E-state index is 0. The molecule has 208 valence electrons. The molecule has 0 N–H and O–H groups in total. The number of rotatable bonds is 8. The Kier molecular flexibility index (Phi) is 14.8. The van der Waals surface area contributed by atoms with Gasteiger partial charge in [0, 0.05) is 0 Å². The van der Waals surface area contributed by atoms with Crippen LogP contribution < -0.4 is 24.8 Å². The summed E-state index contributed by atoms with van der Waals surface area (Å²) < 4.78 is 0. The van der Waals surface area contributed by atoms with E-state index in [0.29, 0.717) is 0 Å². The summed E-state index contributed by atoms with van der Waals surface area (Å²) >= 11 is 0. The van der Waals surface area contributed by atoms with E-state index in [1.807, 2.05) is 0 Å². The van der Waals surface area contributed by atoms with E-state index in [0.717, 1.165) is 0 Å². The minimum absolute atomic E-state index is 0. The molecule has 0 bridgehead atoms. The molecule has 6 aromatic rings. The normalized spacial score (nSPS) is 10.2. The van der Waals surface area contributed by atoms with Crippen molar-refractivity contribution in [1.82, 2.24) is 0 Å². The molecule has 0 aromatic heterocycles. The Morgan fingerprint density at radius 3 is 1.24 bits per heavy atom. The second-order valence-corrected chi connectivity index (χ2v) is 10.3. The van der Waals surface area contributed by atoms with Crippen molar-refractivity contribution >= 4 is 21.5 Å². The summed E-state index contributed by atoms with van der Waals surface area (Å²) in [7, 11) is 0. The van der Waals surface area contributed by atoms with E-state index >= 15 is 0 Å². The average Bonchev–Trinajstić information content (AvgIpc) is 3.60. The zero-order chi connectivity index (χ0) is 26.2. The van der Waals surface area contributed by atoms with Crippen LogP contribution in [0.25, 0.3) is 43.8 Å². The topological polar surface area (TPSA) is 0 Å². The summed E-state index contributed by atoms with van der Waals surface area (Å²) in [6, 6.07) is 44.0. The molecular formula is C38H38Cl2Zr. The summed E-state index contributed by atoms with van der Waals surface area (Å²) in [6.45, 7) is 4.50. The predicted molar refractivity (Wildman–Crippen MR) is 167 cm³/mol. The fourth-order valence-corrected chi connectivity index (χ4v) is 5.38. The number of aryl methyl sites for hydroxylation is 2. The molecule has 0 nitrogen and oxygen atoms in total. The molecule has 0 aliphatic heterocycles. The number of fused-ring (bicyclic) bond motifs is 2. The number of hydrogen-bond acceptors (Lipinski definition) is 0. The molecule has 0 aliphatic carbocycles. The predicted octanol–water partition coefficient (Wildman–Crippen LogP) is 5.14. The number of unbranched alkanes of at least 4 members (excludes halogenated alkanes) is 2. The van der Waals surface area contributed by atoms with Crippen LogP contribution in [0.2, 0.25) is 0 Å². The Labute approximate surface area is 277 Å². The fraction of sp³-hybridized carbons (Fsp3) is 0.211. The van der Waals surface area contributed by atoms with E-state index < -0.39 is 0 Å². The third-order valence-corrected chi connectivity index (χ3v) is 7.43. The summed E-state index contributed by atoms with van der Waals surface area (Å²) in [4.78, 5) is 0. The van der Waals surface area contributed by atoms with E-state index in [9.17, 15) is 0 Å². The maximum Gasteiger partial charge on any atom is 4.00 e. The van der Waals surface area contributed by atoms with Crippen molar-refractivity contribution in [3.8, 4) is 22.3 Å². The largest absolute Gasteiger partial charge is 4.00 e. The number of halogens is 2. The molecule has 0 saturated carbocycles. The van der Waals surface area contributed by atoms with Gasteiger partial charge in [-0.3, -0.25) is 0 Å². The first kappa shape index (κ1) is 34.8. The van der Waals surface area contributed by atoms with Crippen molar-refractivity contribution in [3.63, 3.8) is 0 Å². The van der Waals surface area contributed by atoms with Gasteiger partial charge in [-0.15, -0.1) is 69.1 Å². The second-order valence-electron chi connectivity index (χ2n) is 10.3. The quantitative estimate of drug-likeness (QED) is 0.199. The van der Waals surface area contributed by atoms with Crippen LogP contribution in [0.15, 0.2) is 121 Å². The first-order valence-electron chi connectivity index (χ1n) is 14.2. The van der Waals surface area contributed by atoms with Gasteiger partial charge in [0.15, 0.2) is 0 Å². The van der Waals surface area contributed by atoms with Crippen molar-refractivity contribution in [2.75, 3.05) is 0 Å². The Morgan fingerprint density at radius 1 is 0.488 bits per heavy atom. The minimum Gasteiger partial charge on any atom is -1.00 e. The third-order valence-electron chi connectivity index (χ3n) is 7.43. The molecule has 0 amide bonds. The number of benzene rings is 4. The monoisotopic (exact) mass is 654 g/mol. The van der Waals surface area contributed by atoms with Gasteiger partial charge >= 0.3 is 26.2 Å². The fourth-order valence-electron chi connectivity index (χ4n) is 5.38. The molecule has 41 heavy (non-hydrogen) atoms. The van der Waals surface area contributed by atoms with Crippen molar-refractivity contribution in [1.29, 1.82) is 0 Å². The van der Waals surface area contributed by atoms with Gasteiger partial charge in [-0.2, -0.15) is 12.1 Å². The maximum atomic E-state index is 2.37. The van der Waals surface area contributed by atoms with Gasteiger partial charge in [0.05, 0.1) is 0 Å². The Morgan fingerprint density at radius 2 is 0.878 bits per heavy atom. The van der Waals surface area contributed by atoms with E-state index in [-0.39, 0.29) is 51.0 Å². The van der Waals surface area contributed by atoms with Crippen LogP contribution in [0, 0.1) is 0 Å². The van der Waals surface area contributed by atoms with Crippen LogP contribution in [-0.2, 0) is 39.0 Å². The molecule has 0 fully saturated rings. The Hall–Kier alpha value is -2.44. The van der Waals surface area contributed by atoms with Crippen molar-refractivity contribution in [2.24, 2.45) is 0 Å². The number of hydrogen-bond donors (Lipinski definition) is 0. The van der Waals surface area contributed by atoms with Crippen LogP contribution in [-0.4, -0.2) is 0 Å². The molecule has 6 aromatic carbocycles. The molecular weight excluding hydrogens is 619 g/mol. The Balaban J connectivity index is 0.000000267. The first-order valence-corrected chi connectivity index (χ1v) is 14.2. The molecule has 0 heterocycles.